The summed E-state index contributed by atoms with van der Waals surface area (Å²) in [6.07, 6.45) is 0. The van der Waals surface area contributed by atoms with Crippen molar-refractivity contribution in [3.05, 3.63) is 72.8 Å². The van der Waals surface area contributed by atoms with Crippen LogP contribution in [0.4, 0.5) is 11.5 Å². The smallest absolute Gasteiger partial charge is 0.343 e. The number of phenolic OH excluding ortho intramolecular Hbond substituents is 1. The highest BCUT2D eigenvalue weighted by molar-refractivity contribution is 6.00. The lowest BCUT2D eigenvalue weighted by Gasteiger charge is -2.12. The lowest BCUT2D eigenvalue weighted by molar-refractivity contribution is -0.142. The van der Waals surface area contributed by atoms with Crippen LogP contribution in [0.25, 0.3) is 22.0 Å². The first-order chi connectivity index (χ1) is 14.6. The number of benzene rings is 3. The van der Waals surface area contributed by atoms with E-state index in [-0.39, 0.29) is 12.4 Å². The van der Waals surface area contributed by atoms with Crippen molar-refractivity contribution < 1.29 is 19.4 Å². The van der Waals surface area contributed by atoms with E-state index in [0.717, 1.165) is 22.0 Å². The van der Waals surface area contributed by atoms with Crippen LogP contribution in [-0.2, 0) is 9.53 Å². The van der Waals surface area contributed by atoms with E-state index in [1.165, 1.54) is 7.11 Å². The average molecular weight is 401 g/mol. The fraction of sp³-hybridized carbons (Fsp3) is 0.0870. The van der Waals surface area contributed by atoms with Gasteiger partial charge < -0.3 is 19.9 Å². The molecule has 0 aliphatic heterocycles. The molecular weight excluding hydrogens is 382 g/mol. The Balaban J connectivity index is 1.65. The molecule has 1 aromatic heterocycles. The van der Waals surface area contributed by atoms with Crippen molar-refractivity contribution in [1.82, 2.24) is 10.2 Å². The molecule has 1 heterocycles. The van der Waals surface area contributed by atoms with E-state index in [2.05, 4.69) is 20.3 Å². The Kier molecular flexibility index (Phi) is 5.43. The van der Waals surface area contributed by atoms with Crippen molar-refractivity contribution in [3.63, 3.8) is 0 Å². The van der Waals surface area contributed by atoms with Crippen molar-refractivity contribution in [1.29, 1.82) is 0 Å². The fourth-order valence-corrected chi connectivity index (χ4v) is 3.04. The number of anilines is 2. The summed E-state index contributed by atoms with van der Waals surface area (Å²) >= 11 is 0. The minimum atomic E-state index is -0.439. The molecule has 0 saturated heterocycles. The minimum absolute atomic E-state index is 0.145. The number of ether oxygens (including phenoxy) is 2. The third kappa shape index (κ3) is 4.15. The summed E-state index contributed by atoms with van der Waals surface area (Å²) in [4.78, 5) is 11.2. The Labute approximate surface area is 172 Å². The summed E-state index contributed by atoms with van der Waals surface area (Å²) in [5.41, 5.74) is 2.31. The highest BCUT2D eigenvalue weighted by atomic mass is 16.6. The predicted molar refractivity (Wildman–Crippen MR) is 114 cm³/mol. The molecule has 150 valence electrons. The quantitative estimate of drug-likeness (QED) is 0.465. The average Bonchev–Trinajstić information content (AvgIpc) is 2.78. The van der Waals surface area contributed by atoms with E-state index in [0.29, 0.717) is 17.3 Å². The second kappa shape index (κ2) is 8.48. The van der Waals surface area contributed by atoms with Gasteiger partial charge in [0, 0.05) is 28.1 Å². The van der Waals surface area contributed by atoms with Crippen LogP contribution in [0.3, 0.4) is 0 Å². The SMILES string of the molecule is COC(=O)COc1ccc(-c2nnc(Nc3cccc(O)c3)c3ccccc23)cc1. The number of carbonyl (C=O) groups excluding carboxylic acids is 1. The zero-order valence-corrected chi connectivity index (χ0v) is 16.2. The predicted octanol–water partition coefficient (Wildman–Crippen LogP) is 4.30. The molecule has 0 aliphatic rings. The van der Waals surface area contributed by atoms with Gasteiger partial charge in [-0.25, -0.2) is 4.79 Å². The van der Waals surface area contributed by atoms with Crippen LogP contribution in [0.5, 0.6) is 11.5 Å². The molecule has 0 fully saturated rings. The summed E-state index contributed by atoms with van der Waals surface area (Å²) in [7, 11) is 1.32. The highest BCUT2D eigenvalue weighted by Crippen LogP contribution is 2.32. The van der Waals surface area contributed by atoms with Crippen molar-refractivity contribution in [2.24, 2.45) is 0 Å². The maximum atomic E-state index is 11.2. The maximum absolute atomic E-state index is 11.2. The Morgan fingerprint density at radius 2 is 1.73 bits per heavy atom. The number of aromatic nitrogens is 2. The largest absolute Gasteiger partial charge is 0.508 e. The monoisotopic (exact) mass is 401 g/mol. The topological polar surface area (TPSA) is 93.6 Å². The van der Waals surface area contributed by atoms with Crippen LogP contribution in [0.1, 0.15) is 0 Å². The van der Waals surface area contributed by atoms with Crippen molar-refractivity contribution in [2.75, 3.05) is 19.0 Å². The van der Waals surface area contributed by atoms with Gasteiger partial charge in [-0.1, -0.05) is 30.3 Å². The normalized spacial score (nSPS) is 10.6. The van der Waals surface area contributed by atoms with Crippen molar-refractivity contribution in [3.8, 4) is 22.8 Å². The number of hydrogen-bond acceptors (Lipinski definition) is 7. The van der Waals surface area contributed by atoms with E-state index in [1.54, 1.807) is 30.3 Å². The van der Waals surface area contributed by atoms with Gasteiger partial charge in [0.1, 0.15) is 17.2 Å². The van der Waals surface area contributed by atoms with E-state index in [4.69, 9.17) is 4.74 Å². The van der Waals surface area contributed by atoms with E-state index >= 15 is 0 Å². The van der Waals surface area contributed by atoms with Gasteiger partial charge in [-0.05, 0) is 36.4 Å². The van der Waals surface area contributed by atoms with Gasteiger partial charge in [0.15, 0.2) is 12.4 Å². The molecule has 30 heavy (non-hydrogen) atoms. The second-order valence-electron chi connectivity index (χ2n) is 6.51. The fourth-order valence-electron chi connectivity index (χ4n) is 3.04. The zero-order chi connectivity index (χ0) is 20.9. The van der Waals surface area contributed by atoms with Gasteiger partial charge in [0.05, 0.1) is 7.11 Å². The third-order valence-electron chi connectivity index (χ3n) is 4.51. The molecule has 4 aromatic rings. The molecule has 0 aliphatic carbocycles. The van der Waals surface area contributed by atoms with Gasteiger partial charge in [-0.3, -0.25) is 0 Å². The Morgan fingerprint density at radius 1 is 0.967 bits per heavy atom. The van der Waals surface area contributed by atoms with Crippen LogP contribution in [0, 0.1) is 0 Å². The number of fused-ring (bicyclic) bond motifs is 1. The first-order valence-corrected chi connectivity index (χ1v) is 9.25. The molecule has 7 heteroatoms. The van der Waals surface area contributed by atoms with Gasteiger partial charge in [0.2, 0.25) is 0 Å². The Bertz CT molecular complexity index is 1190. The number of rotatable bonds is 6. The molecule has 0 bridgehead atoms. The van der Waals surface area contributed by atoms with Crippen LogP contribution >= 0.6 is 0 Å². The zero-order valence-electron chi connectivity index (χ0n) is 16.2. The molecule has 0 unspecified atom stereocenters. The van der Waals surface area contributed by atoms with Crippen LogP contribution in [-0.4, -0.2) is 35.0 Å². The minimum Gasteiger partial charge on any atom is -0.508 e. The lowest BCUT2D eigenvalue weighted by Crippen LogP contribution is -2.12. The molecule has 0 radical (unpaired) electrons. The Hall–Kier alpha value is -4.13. The number of esters is 1. The Morgan fingerprint density at radius 3 is 2.47 bits per heavy atom. The lowest BCUT2D eigenvalue weighted by atomic mass is 10.0. The standard InChI is InChI=1S/C23H19N3O4/c1-29-21(28)14-30-18-11-9-15(10-12-18)22-19-7-2-3-8-20(19)23(26-25-22)24-16-5-4-6-17(27)13-16/h2-13,27H,14H2,1H3,(H,24,26). The van der Waals surface area contributed by atoms with Crippen LogP contribution in [0.2, 0.25) is 0 Å². The molecule has 2 N–H and O–H groups in total. The van der Waals surface area contributed by atoms with Crippen molar-refractivity contribution in [2.45, 2.75) is 0 Å². The van der Waals surface area contributed by atoms with E-state index in [9.17, 15) is 9.90 Å². The number of aromatic hydroxyl groups is 1. The third-order valence-corrected chi connectivity index (χ3v) is 4.51. The van der Waals surface area contributed by atoms with E-state index < -0.39 is 5.97 Å². The number of methoxy groups -OCH3 is 1. The molecule has 7 nitrogen and oxygen atoms in total. The number of nitrogens with zero attached hydrogens (tertiary/aromatic N) is 2. The molecule has 4 rings (SSSR count). The first-order valence-electron chi connectivity index (χ1n) is 9.25. The number of hydrogen-bond donors (Lipinski definition) is 2. The van der Waals surface area contributed by atoms with Gasteiger partial charge >= 0.3 is 5.97 Å². The summed E-state index contributed by atoms with van der Waals surface area (Å²) in [5, 5.41) is 23.5. The maximum Gasteiger partial charge on any atom is 0.343 e. The second-order valence-corrected chi connectivity index (χ2v) is 6.51. The molecule has 0 atom stereocenters. The van der Waals surface area contributed by atoms with Crippen molar-refractivity contribution >= 4 is 28.2 Å². The summed E-state index contributed by atoms with van der Waals surface area (Å²) in [6, 6.07) is 21.9. The van der Waals surface area contributed by atoms with Crippen LogP contribution in [0.15, 0.2) is 72.8 Å². The molecule has 0 saturated carbocycles. The molecule has 3 aromatic carbocycles. The number of nitrogens with one attached hydrogen (secondary N) is 1. The van der Waals surface area contributed by atoms with Crippen LogP contribution < -0.4 is 10.1 Å². The molecular formula is C23H19N3O4. The van der Waals surface area contributed by atoms with E-state index in [1.807, 2.05) is 42.5 Å². The first kappa shape index (κ1) is 19.2. The van der Waals surface area contributed by atoms with Gasteiger partial charge in [-0.2, -0.15) is 0 Å². The number of carbonyl (C=O) groups is 1. The summed E-state index contributed by atoms with van der Waals surface area (Å²) in [6.45, 7) is -0.145. The molecule has 0 spiro atoms. The van der Waals surface area contributed by atoms with Gasteiger partial charge in [-0.15, -0.1) is 10.2 Å². The molecule has 0 amide bonds. The summed E-state index contributed by atoms with van der Waals surface area (Å²) < 4.78 is 9.96. The number of phenols is 1. The highest BCUT2D eigenvalue weighted by Gasteiger charge is 2.12. The van der Waals surface area contributed by atoms with Gasteiger partial charge in [0.25, 0.3) is 0 Å². The summed E-state index contributed by atoms with van der Waals surface area (Å²) in [5.74, 6) is 0.885.